The van der Waals surface area contributed by atoms with Gasteiger partial charge in [-0.25, -0.2) is 14.8 Å². The lowest BCUT2D eigenvalue weighted by atomic mass is 10.0. The standard InChI is InChI=1S/C29H22N4O4S3/c30-22-27(35)33-24(29(36)37-25(17-7-3-1-4-8-17)18-9-5-2-6-10-18)19(16-39-28(22)33)11-14-38-21-15-20(34)23-26(40-21)32-13-12-31-23/h1-15,22,25,28H,16,30H2/t22-,28+/m1/s1. The zero-order chi connectivity index (χ0) is 27.6. The highest BCUT2D eigenvalue weighted by Crippen LogP contribution is 2.41. The molecule has 0 radical (unpaired) electrons. The number of fused-ring (bicyclic) bond motifs is 2. The third kappa shape index (κ3) is 5.08. The molecule has 6 rings (SSSR count). The summed E-state index contributed by atoms with van der Waals surface area (Å²) in [4.78, 5) is 49.4. The normalized spacial score (nSPS) is 18.8. The first-order chi connectivity index (χ1) is 19.5. The summed E-state index contributed by atoms with van der Waals surface area (Å²) in [5, 5.41) is 1.48. The van der Waals surface area contributed by atoms with Gasteiger partial charge in [0.1, 0.15) is 27.5 Å². The van der Waals surface area contributed by atoms with Crippen LogP contribution in [-0.2, 0) is 14.3 Å². The predicted molar refractivity (Wildman–Crippen MR) is 158 cm³/mol. The minimum absolute atomic E-state index is 0.196. The van der Waals surface area contributed by atoms with Crippen molar-refractivity contribution in [2.24, 2.45) is 5.73 Å². The number of allylic oxidation sites excluding steroid dienone is 1. The molecule has 0 spiro atoms. The van der Waals surface area contributed by atoms with Crippen LogP contribution >= 0.6 is 34.9 Å². The number of ether oxygens (including phenoxy) is 1. The smallest absolute Gasteiger partial charge is 0.356 e. The summed E-state index contributed by atoms with van der Waals surface area (Å²) in [6.45, 7) is 0. The van der Waals surface area contributed by atoms with Gasteiger partial charge in [0.2, 0.25) is 11.3 Å². The van der Waals surface area contributed by atoms with Gasteiger partial charge in [0.05, 0.1) is 4.21 Å². The van der Waals surface area contributed by atoms with Gasteiger partial charge >= 0.3 is 5.97 Å². The van der Waals surface area contributed by atoms with Crippen molar-refractivity contribution in [2.75, 3.05) is 5.75 Å². The van der Waals surface area contributed by atoms with E-state index < -0.39 is 18.1 Å². The van der Waals surface area contributed by atoms with Gasteiger partial charge in [0.15, 0.2) is 6.10 Å². The quantitative estimate of drug-likeness (QED) is 0.190. The first kappa shape index (κ1) is 26.5. The Hall–Kier alpha value is -3.77. The summed E-state index contributed by atoms with van der Waals surface area (Å²) in [6.07, 6.45) is 4.18. The van der Waals surface area contributed by atoms with Gasteiger partial charge in [-0.1, -0.05) is 72.4 Å². The molecule has 200 valence electrons. The van der Waals surface area contributed by atoms with Gasteiger partial charge in [-0.3, -0.25) is 14.5 Å². The van der Waals surface area contributed by atoms with E-state index in [1.54, 1.807) is 17.7 Å². The molecule has 0 bridgehead atoms. The lowest BCUT2D eigenvalue weighted by molar-refractivity contribution is -0.153. The lowest BCUT2D eigenvalue weighted by Crippen LogP contribution is -2.68. The number of thioether (sulfide) groups is 2. The molecular formula is C29H22N4O4S3. The Morgan fingerprint density at radius 1 is 1.05 bits per heavy atom. The molecule has 2 aliphatic rings. The molecule has 4 aromatic rings. The Morgan fingerprint density at radius 2 is 1.73 bits per heavy atom. The van der Waals surface area contributed by atoms with Gasteiger partial charge in [-0.15, -0.1) is 23.1 Å². The Bertz CT molecular complexity index is 1670. The summed E-state index contributed by atoms with van der Waals surface area (Å²) in [7, 11) is 0. The van der Waals surface area contributed by atoms with E-state index in [0.717, 1.165) is 15.3 Å². The second-order valence-electron chi connectivity index (χ2n) is 8.98. The number of nitrogens with zero attached hydrogens (tertiary/aromatic N) is 3. The van der Waals surface area contributed by atoms with Crippen LogP contribution in [0.25, 0.3) is 10.3 Å². The molecule has 2 N–H and O–H groups in total. The van der Waals surface area contributed by atoms with Crippen molar-refractivity contribution in [2.45, 2.75) is 21.7 Å². The minimum atomic E-state index is -0.664. The molecule has 2 atom stereocenters. The van der Waals surface area contributed by atoms with Crippen molar-refractivity contribution >= 4 is 57.1 Å². The first-order valence-corrected chi connectivity index (χ1v) is 15.1. The third-order valence-electron chi connectivity index (χ3n) is 6.46. The second-order valence-corrected chi connectivity index (χ2v) is 12.3. The van der Waals surface area contributed by atoms with E-state index in [2.05, 4.69) is 9.97 Å². The number of nitrogens with two attached hydrogens (primary N) is 1. The number of hydrogen-bond acceptors (Lipinski definition) is 10. The number of carbonyl (C=O) groups is 2. The van der Waals surface area contributed by atoms with Crippen LogP contribution in [0.5, 0.6) is 0 Å². The summed E-state index contributed by atoms with van der Waals surface area (Å²) >= 11 is 4.19. The largest absolute Gasteiger partial charge is 0.448 e. The van der Waals surface area contributed by atoms with Crippen molar-refractivity contribution in [3.63, 3.8) is 0 Å². The average molecular weight is 587 g/mol. The van der Waals surface area contributed by atoms with Crippen LogP contribution in [0.3, 0.4) is 0 Å². The van der Waals surface area contributed by atoms with E-state index in [1.807, 2.05) is 60.7 Å². The SMILES string of the molecule is N[C@@H]1C(=O)N2C(C(=O)OC(c3ccccc3)c3ccccc3)=C(C=CSc3cc(=O)c4nccnc4s3)CS[C@@H]12. The number of esters is 1. The number of β-lactam (4-membered cyclic amide) rings is 1. The molecular weight excluding hydrogens is 565 g/mol. The van der Waals surface area contributed by atoms with E-state index >= 15 is 0 Å². The van der Waals surface area contributed by atoms with Crippen LogP contribution in [0, 0.1) is 0 Å². The molecule has 4 heterocycles. The third-order valence-corrected chi connectivity index (χ3v) is 9.75. The van der Waals surface area contributed by atoms with Crippen molar-refractivity contribution in [1.82, 2.24) is 14.9 Å². The topological polar surface area (TPSA) is 115 Å². The van der Waals surface area contributed by atoms with Gasteiger partial charge in [-0.05, 0) is 28.2 Å². The number of hydrogen-bond donors (Lipinski definition) is 1. The Kier molecular flexibility index (Phi) is 7.53. The Morgan fingerprint density at radius 3 is 2.42 bits per heavy atom. The van der Waals surface area contributed by atoms with Crippen LogP contribution in [0.1, 0.15) is 17.2 Å². The second kappa shape index (κ2) is 11.4. The molecule has 0 aliphatic carbocycles. The van der Waals surface area contributed by atoms with Gasteiger partial charge in [0, 0.05) is 24.2 Å². The zero-order valence-electron chi connectivity index (χ0n) is 20.9. The maximum atomic E-state index is 13.8. The van der Waals surface area contributed by atoms with Crippen LogP contribution in [0.15, 0.2) is 111 Å². The predicted octanol–water partition coefficient (Wildman–Crippen LogP) is 4.49. The highest BCUT2D eigenvalue weighted by Gasteiger charge is 2.52. The average Bonchev–Trinajstić information content (AvgIpc) is 3.00. The van der Waals surface area contributed by atoms with Crippen molar-refractivity contribution < 1.29 is 14.3 Å². The highest BCUT2D eigenvalue weighted by atomic mass is 32.2. The fourth-order valence-corrected chi connectivity index (χ4v) is 7.64. The maximum Gasteiger partial charge on any atom is 0.356 e. The molecule has 2 aliphatic heterocycles. The monoisotopic (exact) mass is 586 g/mol. The first-order valence-electron chi connectivity index (χ1n) is 12.3. The number of amides is 1. The van der Waals surface area contributed by atoms with E-state index in [9.17, 15) is 14.4 Å². The number of aromatic nitrogens is 2. The number of benzene rings is 2. The lowest BCUT2D eigenvalue weighted by Gasteiger charge is -2.48. The van der Waals surface area contributed by atoms with Crippen molar-refractivity contribution in [3.05, 3.63) is 123 Å². The van der Waals surface area contributed by atoms with Crippen molar-refractivity contribution in [3.8, 4) is 0 Å². The molecule has 0 unspecified atom stereocenters. The van der Waals surface area contributed by atoms with Crippen molar-refractivity contribution in [1.29, 1.82) is 0 Å². The molecule has 1 amide bonds. The summed E-state index contributed by atoms with van der Waals surface area (Å²) < 4.78 is 6.85. The van der Waals surface area contributed by atoms with Crippen LogP contribution in [0.2, 0.25) is 0 Å². The highest BCUT2D eigenvalue weighted by molar-refractivity contribution is 8.04. The number of rotatable bonds is 7. The van der Waals surface area contributed by atoms with E-state index in [4.69, 9.17) is 10.5 Å². The fourth-order valence-electron chi connectivity index (χ4n) is 4.51. The van der Waals surface area contributed by atoms with E-state index in [-0.39, 0.29) is 22.4 Å². The molecule has 8 nitrogen and oxygen atoms in total. The molecule has 1 saturated heterocycles. The van der Waals surface area contributed by atoms with E-state index in [1.165, 1.54) is 52.0 Å². The summed E-state index contributed by atoms with van der Waals surface area (Å²) in [5.41, 5.74) is 8.66. The van der Waals surface area contributed by atoms with Crippen LogP contribution < -0.4 is 11.2 Å². The zero-order valence-corrected chi connectivity index (χ0v) is 23.3. The van der Waals surface area contributed by atoms with Gasteiger partial charge in [-0.2, -0.15) is 0 Å². The molecule has 1 fully saturated rings. The fraction of sp³-hybridized carbons (Fsp3) is 0.138. The summed E-state index contributed by atoms with van der Waals surface area (Å²) in [5.74, 6) is -0.437. The van der Waals surface area contributed by atoms with Crippen LogP contribution in [-0.4, -0.2) is 43.9 Å². The molecule has 11 heteroatoms. The maximum absolute atomic E-state index is 13.8. The Labute approximate surface area is 242 Å². The molecule has 40 heavy (non-hydrogen) atoms. The van der Waals surface area contributed by atoms with Gasteiger partial charge < -0.3 is 10.5 Å². The minimum Gasteiger partial charge on any atom is -0.448 e. The molecule has 2 aromatic carbocycles. The Balaban J connectivity index is 1.32. The molecule has 2 aromatic heterocycles. The van der Waals surface area contributed by atoms with Gasteiger partial charge in [0.25, 0.3) is 0 Å². The molecule has 0 saturated carbocycles. The summed E-state index contributed by atoms with van der Waals surface area (Å²) in [6, 6.07) is 19.8. The van der Waals surface area contributed by atoms with E-state index in [0.29, 0.717) is 21.7 Å². The number of carbonyl (C=O) groups excluding carboxylic acids is 2. The van der Waals surface area contributed by atoms with Crippen LogP contribution in [0.4, 0.5) is 0 Å².